The number of nitrogens with one attached hydrogen (secondary N) is 2. The molecule has 2 amide bonds. The fraction of sp³-hybridized carbons (Fsp3) is 0.137. The van der Waals surface area contributed by atoms with Crippen molar-refractivity contribution in [3.63, 3.8) is 0 Å². The number of rotatable bonds is 14. The number of carbonyl (C=O) groups is 4. The van der Waals surface area contributed by atoms with Crippen LogP contribution in [0.1, 0.15) is 66.5 Å². The molecule has 0 bridgehead atoms. The Labute approximate surface area is 375 Å². The smallest absolute Gasteiger partial charge is 0.339 e. The van der Waals surface area contributed by atoms with Gasteiger partial charge in [0.25, 0.3) is 5.91 Å². The van der Waals surface area contributed by atoms with E-state index in [9.17, 15) is 37.8 Å². The van der Waals surface area contributed by atoms with E-state index in [0.717, 1.165) is 33.5 Å². The molecule has 0 aromatic heterocycles. The summed E-state index contributed by atoms with van der Waals surface area (Å²) >= 11 is 0. The van der Waals surface area contributed by atoms with Gasteiger partial charge in [-0.3, -0.25) is 9.59 Å². The molecule has 0 radical (unpaired) electrons. The zero-order valence-electron chi connectivity index (χ0n) is 35.6. The number of aryl methyl sites for hydroxylation is 2. The highest BCUT2D eigenvalue weighted by Crippen LogP contribution is 2.30. The third-order valence-corrected chi connectivity index (χ3v) is 12.1. The second-order valence-electron chi connectivity index (χ2n) is 15.1. The Hall–Kier alpha value is -7.97. The average molecular weight is 895 g/mol. The van der Waals surface area contributed by atoms with E-state index in [1.54, 1.807) is 78.9 Å². The number of anilines is 2. The molecule has 0 spiro atoms. The van der Waals surface area contributed by atoms with Crippen molar-refractivity contribution in [3.05, 3.63) is 185 Å². The van der Waals surface area contributed by atoms with Crippen LogP contribution < -0.4 is 15.4 Å². The van der Waals surface area contributed by atoms with Crippen molar-refractivity contribution in [2.24, 2.45) is 0 Å². The Morgan fingerprint density at radius 1 is 0.646 bits per heavy atom. The summed E-state index contributed by atoms with van der Waals surface area (Å²) in [5, 5.41) is 35.9. The Morgan fingerprint density at radius 3 is 1.92 bits per heavy atom. The van der Waals surface area contributed by atoms with Crippen molar-refractivity contribution in [1.82, 2.24) is 0 Å². The first-order chi connectivity index (χ1) is 31.1. The van der Waals surface area contributed by atoms with Gasteiger partial charge in [-0.05, 0) is 133 Å². The number of esters is 1. The number of hydrogen-bond acceptors (Lipinski definition) is 10. The molecule has 5 N–H and O–H groups in total. The molecule has 1 unspecified atom stereocenters. The van der Waals surface area contributed by atoms with Crippen LogP contribution in [0.2, 0.25) is 0 Å². The van der Waals surface area contributed by atoms with E-state index in [0.29, 0.717) is 28.3 Å². The minimum atomic E-state index is -3.65. The number of benzene rings is 7. The summed E-state index contributed by atoms with van der Waals surface area (Å²) < 4.78 is 36.8. The third kappa shape index (κ3) is 12.6. The summed E-state index contributed by atoms with van der Waals surface area (Å²) in [4.78, 5) is 48.2. The molecule has 13 nitrogen and oxygen atoms in total. The molecular formula is C51H46N2O11S. The minimum Gasteiger partial charge on any atom is -0.507 e. The lowest BCUT2D eigenvalue weighted by molar-refractivity contribution is -0.116. The van der Waals surface area contributed by atoms with Gasteiger partial charge in [0.15, 0.2) is 9.84 Å². The van der Waals surface area contributed by atoms with Crippen LogP contribution in [0.5, 0.6) is 23.0 Å². The Morgan fingerprint density at radius 2 is 1.28 bits per heavy atom. The normalized spacial score (nSPS) is 11.4. The molecular weight excluding hydrogens is 849 g/mol. The van der Waals surface area contributed by atoms with E-state index in [2.05, 4.69) is 10.6 Å². The number of ether oxygens (including phenoxy) is 2. The summed E-state index contributed by atoms with van der Waals surface area (Å²) in [7, 11) is -2.32. The van der Waals surface area contributed by atoms with Gasteiger partial charge in [-0.1, -0.05) is 66.2 Å². The molecule has 0 saturated heterocycles. The first-order valence-corrected chi connectivity index (χ1v) is 22.0. The van der Waals surface area contributed by atoms with Gasteiger partial charge < -0.3 is 35.4 Å². The molecule has 7 rings (SSSR count). The van der Waals surface area contributed by atoms with Gasteiger partial charge in [-0.25, -0.2) is 18.0 Å². The number of amides is 2. The number of carbonyl (C=O) groups excluding carboxylic acids is 3. The van der Waals surface area contributed by atoms with E-state index >= 15 is 0 Å². The van der Waals surface area contributed by atoms with Crippen LogP contribution in [0.4, 0.5) is 11.4 Å². The minimum absolute atomic E-state index is 0.0100. The molecule has 0 aliphatic rings. The number of methoxy groups -OCH3 is 1. The van der Waals surface area contributed by atoms with Crippen LogP contribution in [-0.4, -0.2) is 60.4 Å². The van der Waals surface area contributed by atoms with E-state index in [-0.39, 0.29) is 46.4 Å². The van der Waals surface area contributed by atoms with Crippen LogP contribution in [0.15, 0.2) is 157 Å². The number of hydrogen-bond donors (Lipinski definition) is 5. The monoisotopic (exact) mass is 894 g/mol. The van der Waals surface area contributed by atoms with Gasteiger partial charge in [0, 0.05) is 23.7 Å². The quantitative estimate of drug-likeness (QED) is 0.0513. The number of sulfone groups is 1. The predicted octanol–water partition coefficient (Wildman–Crippen LogP) is 10.1. The van der Waals surface area contributed by atoms with Crippen molar-refractivity contribution in [3.8, 4) is 23.0 Å². The highest BCUT2D eigenvalue weighted by Gasteiger charge is 2.23. The number of fused-ring (bicyclic) bond motifs is 1. The van der Waals surface area contributed by atoms with Crippen LogP contribution in [-0.2, 0) is 19.4 Å². The van der Waals surface area contributed by atoms with Crippen LogP contribution in [0.25, 0.3) is 10.8 Å². The molecule has 0 heterocycles. The number of carboxylic acids is 1. The van der Waals surface area contributed by atoms with Crippen LogP contribution in [0, 0.1) is 13.8 Å². The van der Waals surface area contributed by atoms with Gasteiger partial charge in [-0.15, -0.1) is 0 Å². The highest BCUT2D eigenvalue weighted by atomic mass is 32.2. The van der Waals surface area contributed by atoms with Crippen molar-refractivity contribution >= 4 is 55.7 Å². The first kappa shape index (κ1) is 46.5. The molecule has 1 atom stereocenters. The van der Waals surface area contributed by atoms with Gasteiger partial charge in [0.2, 0.25) is 5.91 Å². The van der Waals surface area contributed by atoms with Gasteiger partial charge >= 0.3 is 11.9 Å². The lowest BCUT2D eigenvalue weighted by Crippen LogP contribution is -2.18. The van der Waals surface area contributed by atoms with E-state index < -0.39 is 39.4 Å². The standard InChI is InChI=1S/C31H29NO7S.C20H17NO4/c1-21-7-9-22(10-8-21)23(19-30(34)32-24-11-16-28(31(35)36)29(33)20-24)17-18-40(37,38)27-14-12-26(13-15-27)39-25-5-3-2-4-6-25;1-12-3-8-18(22)17(9-12)21-19(23)15-6-4-14-11-16(20(24)25-2)7-5-13(14)10-15/h2-16,20,23,33H,17-19H2,1H3,(H,32,34)(H,35,36);3-11,22H,1-2H3,(H,21,23). The Balaban J connectivity index is 0.000000239. The molecule has 0 fully saturated rings. The molecule has 332 valence electrons. The first-order valence-electron chi connectivity index (χ1n) is 20.3. The van der Waals surface area contributed by atoms with E-state index in [4.69, 9.17) is 14.6 Å². The fourth-order valence-corrected chi connectivity index (χ4v) is 8.16. The predicted molar refractivity (Wildman–Crippen MR) is 248 cm³/mol. The zero-order chi connectivity index (χ0) is 46.7. The summed E-state index contributed by atoms with van der Waals surface area (Å²) in [5.41, 5.74) is 4.03. The Bertz CT molecular complexity index is 2960. The summed E-state index contributed by atoms with van der Waals surface area (Å²) in [6.45, 7) is 3.82. The third-order valence-electron chi connectivity index (χ3n) is 10.3. The van der Waals surface area contributed by atoms with Gasteiger partial charge in [-0.2, -0.15) is 0 Å². The van der Waals surface area contributed by atoms with Crippen molar-refractivity contribution in [1.29, 1.82) is 0 Å². The topological polar surface area (TPSA) is 206 Å². The van der Waals surface area contributed by atoms with E-state index in [1.807, 2.05) is 56.3 Å². The lowest BCUT2D eigenvalue weighted by atomic mass is 9.92. The number of aromatic carboxylic acids is 1. The largest absolute Gasteiger partial charge is 0.507 e. The van der Waals surface area contributed by atoms with Gasteiger partial charge in [0.1, 0.15) is 28.6 Å². The number of aromatic hydroxyl groups is 2. The van der Waals surface area contributed by atoms with Crippen molar-refractivity contribution in [2.45, 2.75) is 37.5 Å². The molecule has 7 aromatic carbocycles. The summed E-state index contributed by atoms with van der Waals surface area (Å²) in [6.07, 6.45) is 0.189. The SMILES string of the molecule is COC(=O)c1ccc2cc(C(=O)Nc3cc(C)ccc3O)ccc2c1.Cc1ccc(C(CCS(=O)(=O)c2ccc(Oc3ccccc3)cc2)CC(=O)Nc2ccc(C(=O)O)c(O)c2)cc1. The van der Waals surface area contributed by atoms with E-state index in [1.165, 1.54) is 31.4 Å². The van der Waals surface area contributed by atoms with Crippen LogP contribution in [0.3, 0.4) is 0 Å². The van der Waals surface area contributed by atoms with Crippen LogP contribution >= 0.6 is 0 Å². The molecule has 0 aliphatic carbocycles. The second-order valence-corrected chi connectivity index (χ2v) is 17.2. The highest BCUT2D eigenvalue weighted by molar-refractivity contribution is 7.91. The second kappa shape index (κ2) is 20.9. The summed E-state index contributed by atoms with van der Waals surface area (Å²) in [6, 6.07) is 42.1. The summed E-state index contributed by atoms with van der Waals surface area (Å²) in [5.74, 6) is -2.27. The molecule has 14 heteroatoms. The maximum absolute atomic E-state index is 13.2. The molecule has 0 saturated carbocycles. The fourth-order valence-electron chi connectivity index (χ4n) is 6.78. The maximum atomic E-state index is 13.2. The molecule has 0 aliphatic heterocycles. The number of para-hydroxylation sites is 1. The van der Waals surface area contributed by atoms with Crippen molar-refractivity contribution < 1.29 is 52.4 Å². The maximum Gasteiger partial charge on any atom is 0.339 e. The number of phenolic OH excluding ortho intramolecular Hbond substituents is 1. The molecule has 7 aromatic rings. The zero-order valence-corrected chi connectivity index (χ0v) is 36.5. The van der Waals surface area contributed by atoms with Gasteiger partial charge in [0.05, 0.1) is 29.0 Å². The van der Waals surface area contributed by atoms with Crippen molar-refractivity contribution in [2.75, 3.05) is 23.5 Å². The lowest BCUT2D eigenvalue weighted by Gasteiger charge is -2.18. The molecule has 65 heavy (non-hydrogen) atoms. The average Bonchev–Trinajstić information content (AvgIpc) is 3.29. The number of carboxylic acid groups (broad SMARTS) is 1. The number of phenols is 2. The Kier molecular flexibility index (Phi) is 15.0.